The Hall–Kier alpha value is -1.22. The Bertz CT molecular complexity index is 366. The molecule has 8 nitrogen and oxygen atoms in total. The summed E-state index contributed by atoms with van der Waals surface area (Å²) in [5, 5.41) is 22.0. The lowest BCUT2D eigenvalue weighted by Crippen LogP contribution is -2.42. The Morgan fingerprint density at radius 1 is 1.04 bits per heavy atom. The third-order valence-corrected chi connectivity index (χ3v) is 3.33. The number of aliphatic hydroxyl groups excluding tert-OH is 2. The van der Waals surface area contributed by atoms with Gasteiger partial charge >= 0.3 is 11.9 Å². The molecule has 0 saturated heterocycles. The molecule has 0 aliphatic heterocycles. The van der Waals surface area contributed by atoms with Crippen LogP contribution in [0.25, 0.3) is 0 Å². The van der Waals surface area contributed by atoms with E-state index in [-0.39, 0.29) is 19.6 Å². The molecule has 0 heterocycles. The number of ether oxygens (including phenoxy) is 2. The molecule has 0 aromatic heterocycles. The number of hydrogen-bond acceptors (Lipinski definition) is 8. The van der Waals surface area contributed by atoms with Crippen molar-refractivity contribution in [3.05, 3.63) is 0 Å². The number of aliphatic hydroxyl groups is 2. The molecular weight excluding hydrogens is 328 g/mol. The van der Waals surface area contributed by atoms with Crippen molar-refractivity contribution in [1.82, 2.24) is 10.2 Å². The van der Waals surface area contributed by atoms with Gasteiger partial charge in [-0.05, 0) is 47.2 Å². The predicted octanol–water partition coefficient (Wildman–Crippen LogP) is -0.0854. The summed E-state index contributed by atoms with van der Waals surface area (Å²) in [5.74, 6) is -0.918. The van der Waals surface area contributed by atoms with E-state index in [1.807, 2.05) is 4.90 Å². The Morgan fingerprint density at radius 2 is 1.60 bits per heavy atom. The van der Waals surface area contributed by atoms with Crippen molar-refractivity contribution < 1.29 is 29.3 Å². The Morgan fingerprint density at radius 3 is 2.08 bits per heavy atom. The van der Waals surface area contributed by atoms with Gasteiger partial charge in [-0.3, -0.25) is 14.5 Å². The molecule has 3 atom stereocenters. The number of esters is 2. The van der Waals surface area contributed by atoms with Gasteiger partial charge in [0.25, 0.3) is 0 Å². The molecule has 0 spiro atoms. The molecule has 0 aromatic carbocycles. The molecule has 8 heteroatoms. The smallest absolute Gasteiger partial charge is 0.323 e. The maximum atomic E-state index is 11.9. The van der Waals surface area contributed by atoms with Crippen molar-refractivity contribution in [1.29, 1.82) is 0 Å². The van der Waals surface area contributed by atoms with E-state index >= 15 is 0 Å². The van der Waals surface area contributed by atoms with E-state index in [1.54, 1.807) is 27.7 Å². The van der Waals surface area contributed by atoms with Crippen molar-refractivity contribution in [3.8, 4) is 0 Å². The molecule has 0 radical (unpaired) electrons. The first-order chi connectivity index (χ1) is 11.8. The second kappa shape index (κ2) is 14.0. The largest absolute Gasteiger partial charge is 0.466 e. The maximum Gasteiger partial charge on any atom is 0.323 e. The number of carbonyl (C=O) groups is 2. The highest BCUT2D eigenvalue weighted by Gasteiger charge is 2.23. The van der Waals surface area contributed by atoms with Gasteiger partial charge in [0.15, 0.2) is 0 Å². The summed E-state index contributed by atoms with van der Waals surface area (Å²) in [6, 6.07) is -0.735. The van der Waals surface area contributed by atoms with Crippen molar-refractivity contribution >= 4 is 11.9 Å². The molecule has 3 unspecified atom stereocenters. The van der Waals surface area contributed by atoms with Crippen LogP contribution in [0.1, 0.15) is 40.5 Å². The van der Waals surface area contributed by atoms with Crippen LogP contribution >= 0.6 is 0 Å². The van der Waals surface area contributed by atoms with E-state index < -0.39 is 30.2 Å². The second-order valence-corrected chi connectivity index (χ2v) is 6.08. The van der Waals surface area contributed by atoms with Gasteiger partial charge in [-0.25, -0.2) is 0 Å². The third-order valence-electron chi connectivity index (χ3n) is 3.33. The molecule has 0 aliphatic carbocycles. The summed E-state index contributed by atoms with van der Waals surface area (Å²) >= 11 is 0. The predicted molar refractivity (Wildman–Crippen MR) is 94.1 cm³/mol. The summed E-state index contributed by atoms with van der Waals surface area (Å²) in [7, 11) is 0. The number of carbonyl (C=O) groups excluding carboxylic acids is 2. The number of hydrogen-bond donors (Lipinski definition) is 3. The van der Waals surface area contributed by atoms with Crippen LogP contribution in [0.4, 0.5) is 0 Å². The van der Waals surface area contributed by atoms with E-state index in [0.717, 1.165) is 0 Å². The molecule has 0 saturated carbocycles. The molecule has 0 bridgehead atoms. The van der Waals surface area contributed by atoms with E-state index in [0.29, 0.717) is 32.6 Å². The van der Waals surface area contributed by atoms with Crippen LogP contribution in [-0.2, 0) is 19.1 Å². The summed E-state index contributed by atoms with van der Waals surface area (Å²) in [6.07, 6.45) is -0.346. The second-order valence-electron chi connectivity index (χ2n) is 6.08. The first-order valence-electron chi connectivity index (χ1n) is 8.94. The lowest BCUT2D eigenvalue weighted by Gasteiger charge is -2.25. The van der Waals surface area contributed by atoms with Crippen molar-refractivity contribution in [3.63, 3.8) is 0 Å². The van der Waals surface area contributed by atoms with Gasteiger partial charge in [-0.1, -0.05) is 0 Å². The molecule has 0 aromatic rings. The zero-order valence-electron chi connectivity index (χ0n) is 15.9. The Kier molecular flexibility index (Phi) is 13.3. The average molecular weight is 362 g/mol. The fraction of sp³-hybridized carbons (Fsp3) is 0.882. The number of rotatable bonds is 14. The van der Waals surface area contributed by atoms with E-state index in [4.69, 9.17) is 9.47 Å². The van der Waals surface area contributed by atoms with Crippen molar-refractivity contribution in [2.24, 2.45) is 0 Å². The van der Waals surface area contributed by atoms with Gasteiger partial charge in [0.2, 0.25) is 0 Å². The monoisotopic (exact) mass is 362 g/mol. The number of nitrogens with one attached hydrogen (secondary N) is 1. The van der Waals surface area contributed by atoms with Crippen LogP contribution in [0.3, 0.4) is 0 Å². The van der Waals surface area contributed by atoms with Gasteiger partial charge in [0.05, 0.1) is 31.8 Å². The van der Waals surface area contributed by atoms with Crippen molar-refractivity contribution in [2.45, 2.75) is 58.8 Å². The topological polar surface area (TPSA) is 108 Å². The zero-order valence-corrected chi connectivity index (χ0v) is 15.9. The highest BCUT2D eigenvalue weighted by Crippen LogP contribution is 2.01. The van der Waals surface area contributed by atoms with Crippen LogP contribution in [0.2, 0.25) is 0 Å². The zero-order chi connectivity index (χ0) is 19.2. The summed E-state index contributed by atoms with van der Waals surface area (Å²) in [6.45, 7) is 9.42. The molecule has 3 N–H and O–H groups in total. The fourth-order valence-corrected chi connectivity index (χ4v) is 2.45. The van der Waals surface area contributed by atoms with Gasteiger partial charge in [-0.15, -0.1) is 0 Å². The Labute approximate surface area is 150 Å². The summed E-state index contributed by atoms with van der Waals surface area (Å²) in [5.41, 5.74) is 0. The number of nitrogens with zero attached hydrogens (tertiary/aromatic N) is 1. The first kappa shape index (κ1) is 23.8. The van der Waals surface area contributed by atoms with E-state index in [9.17, 15) is 19.8 Å². The minimum atomic E-state index is -0.735. The van der Waals surface area contributed by atoms with Crippen molar-refractivity contribution in [2.75, 3.05) is 39.4 Å². The third kappa shape index (κ3) is 12.7. The van der Waals surface area contributed by atoms with Gasteiger partial charge in [0.1, 0.15) is 6.04 Å². The standard InChI is InChI=1S/C17H34N2O6/c1-5-24-16(22)10-15(17(23)25-6-2)18-8-7-9-19(11-13(3)20)12-14(4)21/h13-15,18,20-21H,5-12H2,1-4H3. The van der Waals surface area contributed by atoms with Gasteiger partial charge in [-0.2, -0.15) is 0 Å². The lowest BCUT2D eigenvalue weighted by molar-refractivity contribution is -0.152. The molecule has 0 rings (SSSR count). The van der Waals surface area contributed by atoms with E-state index in [1.165, 1.54) is 0 Å². The Balaban J connectivity index is 4.41. The van der Waals surface area contributed by atoms with Gasteiger partial charge < -0.3 is 25.0 Å². The molecule has 25 heavy (non-hydrogen) atoms. The molecular formula is C17H34N2O6. The van der Waals surface area contributed by atoms with Crippen LogP contribution in [0.15, 0.2) is 0 Å². The van der Waals surface area contributed by atoms with Crippen LogP contribution in [0, 0.1) is 0 Å². The minimum Gasteiger partial charge on any atom is -0.466 e. The molecule has 0 aliphatic rings. The lowest BCUT2D eigenvalue weighted by atomic mass is 10.2. The van der Waals surface area contributed by atoms with Gasteiger partial charge in [0, 0.05) is 13.1 Å². The highest BCUT2D eigenvalue weighted by atomic mass is 16.5. The SMILES string of the molecule is CCOC(=O)CC(NCCCN(CC(C)O)CC(C)O)C(=O)OCC. The maximum absolute atomic E-state index is 11.9. The fourth-order valence-electron chi connectivity index (χ4n) is 2.45. The average Bonchev–Trinajstić information content (AvgIpc) is 2.49. The summed E-state index contributed by atoms with van der Waals surface area (Å²) in [4.78, 5) is 25.5. The van der Waals surface area contributed by atoms with Crippen LogP contribution < -0.4 is 5.32 Å². The molecule has 148 valence electrons. The summed E-state index contributed by atoms with van der Waals surface area (Å²) < 4.78 is 9.86. The minimum absolute atomic E-state index is 0.0717. The first-order valence-corrected chi connectivity index (χ1v) is 8.94. The van der Waals surface area contributed by atoms with Crippen LogP contribution in [0.5, 0.6) is 0 Å². The molecule has 0 fully saturated rings. The molecule has 0 amide bonds. The normalized spacial score (nSPS) is 14.8. The van der Waals surface area contributed by atoms with Crippen LogP contribution in [-0.4, -0.2) is 84.7 Å². The highest BCUT2D eigenvalue weighted by molar-refractivity contribution is 5.82. The quantitative estimate of drug-likeness (QED) is 0.291. The van der Waals surface area contributed by atoms with E-state index in [2.05, 4.69) is 5.32 Å².